The Bertz CT molecular complexity index is 298. The second-order valence-electron chi connectivity index (χ2n) is 6.29. The predicted molar refractivity (Wildman–Crippen MR) is 87.1 cm³/mol. The van der Waals surface area contributed by atoms with Crippen molar-refractivity contribution < 1.29 is 4.79 Å². The third-order valence-corrected chi connectivity index (χ3v) is 5.49. The molecule has 2 rings (SSSR count). The molecule has 0 radical (unpaired) electrons. The molecule has 1 saturated carbocycles. The average molecular weight is 298 g/mol. The largest absolute Gasteiger partial charge is 0.355 e. The number of fused-ring (bicyclic) bond motifs is 1. The SMILES string of the molecule is CSCCCCCNC(=O)C1CCC2CCCCC2N1. The van der Waals surface area contributed by atoms with Gasteiger partial charge in [-0.1, -0.05) is 19.3 Å². The van der Waals surface area contributed by atoms with Gasteiger partial charge in [0.25, 0.3) is 0 Å². The normalized spacial score (nSPS) is 29.8. The van der Waals surface area contributed by atoms with Gasteiger partial charge in [0.05, 0.1) is 6.04 Å². The fourth-order valence-electron chi connectivity index (χ4n) is 3.58. The number of hydrogen-bond donors (Lipinski definition) is 2. The molecule has 2 fully saturated rings. The van der Waals surface area contributed by atoms with Crippen molar-refractivity contribution in [3.8, 4) is 0 Å². The van der Waals surface area contributed by atoms with E-state index in [2.05, 4.69) is 16.9 Å². The van der Waals surface area contributed by atoms with Crippen LogP contribution in [0.2, 0.25) is 0 Å². The minimum atomic E-state index is 0.0700. The van der Waals surface area contributed by atoms with Crippen LogP contribution in [0.25, 0.3) is 0 Å². The van der Waals surface area contributed by atoms with Crippen LogP contribution in [0.5, 0.6) is 0 Å². The van der Waals surface area contributed by atoms with Crippen LogP contribution in [-0.4, -0.2) is 36.5 Å². The zero-order valence-electron chi connectivity index (χ0n) is 12.8. The molecule has 0 aromatic rings. The molecule has 1 aliphatic heterocycles. The summed E-state index contributed by atoms with van der Waals surface area (Å²) in [5.41, 5.74) is 0. The Morgan fingerprint density at radius 3 is 2.85 bits per heavy atom. The first-order valence-corrected chi connectivity index (χ1v) is 9.73. The topological polar surface area (TPSA) is 41.1 Å². The smallest absolute Gasteiger partial charge is 0.237 e. The van der Waals surface area contributed by atoms with E-state index in [1.807, 2.05) is 11.8 Å². The highest BCUT2D eigenvalue weighted by Crippen LogP contribution is 2.32. The van der Waals surface area contributed by atoms with E-state index in [0.717, 1.165) is 25.3 Å². The van der Waals surface area contributed by atoms with Crippen LogP contribution in [0.3, 0.4) is 0 Å². The van der Waals surface area contributed by atoms with Crippen molar-refractivity contribution in [3.63, 3.8) is 0 Å². The molecular formula is C16H30N2OS. The number of nitrogens with one attached hydrogen (secondary N) is 2. The number of thioether (sulfide) groups is 1. The van der Waals surface area contributed by atoms with Crippen molar-refractivity contribution in [2.24, 2.45) is 5.92 Å². The molecule has 1 aliphatic carbocycles. The summed E-state index contributed by atoms with van der Waals surface area (Å²) < 4.78 is 0. The molecule has 0 aromatic carbocycles. The molecule has 2 aliphatic rings. The molecule has 0 aromatic heterocycles. The summed E-state index contributed by atoms with van der Waals surface area (Å²) in [7, 11) is 0. The van der Waals surface area contributed by atoms with Crippen LogP contribution >= 0.6 is 11.8 Å². The second kappa shape index (κ2) is 8.93. The molecule has 3 atom stereocenters. The maximum atomic E-state index is 12.2. The maximum Gasteiger partial charge on any atom is 0.237 e. The molecule has 1 amide bonds. The summed E-state index contributed by atoms with van der Waals surface area (Å²) in [6.07, 6.45) is 13.4. The zero-order chi connectivity index (χ0) is 14.2. The van der Waals surface area contributed by atoms with E-state index in [1.165, 1.54) is 50.7 Å². The molecule has 2 N–H and O–H groups in total. The molecule has 3 unspecified atom stereocenters. The fraction of sp³-hybridized carbons (Fsp3) is 0.938. The minimum absolute atomic E-state index is 0.0700. The number of carbonyl (C=O) groups is 1. The van der Waals surface area contributed by atoms with Gasteiger partial charge in [-0.15, -0.1) is 0 Å². The highest BCUT2D eigenvalue weighted by Gasteiger charge is 2.34. The fourth-order valence-corrected chi connectivity index (χ4v) is 4.08. The zero-order valence-corrected chi connectivity index (χ0v) is 13.6. The van der Waals surface area contributed by atoms with Crippen molar-refractivity contribution in [3.05, 3.63) is 0 Å². The number of piperidine rings is 1. The lowest BCUT2D eigenvalue weighted by molar-refractivity contribution is -0.124. The van der Waals surface area contributed by atoms with Gasteiger partial charge in [-0.3, -0.25) is 4.79 Å². The Morgan fingerprint density at radius 1 is 1.15 bits per heavy atom. The van der Waals surface area contributed by atoms with Crippen molar-refractivity contribution >= 4 is 17.7 Å². The molecule has 3 nitrogen and oxygen atoms in total. The van der Waals surface area contributed by atoms with Crippen LogP contribution in [0.1, 0.15) is 57.8 Å². The quantitative estimate of drug-likeness (QED) is 0.710. The first kappa shape index (κ1) is 16.2. The van der Waals surface area contributed by atoms with E-state index in [9.17, 15) is 4.79 Å². The summed E-state index contributed by atoms with van der Waals surface area (Å²) in [4.78, 5) is 12.2. The summed E-state index contributed by atoms with van der Waals surface area (Å²) in [6, 6.07) is 0.676. The predicted octanol–water partition coefficient (Wildman–Crippen LogP) is 2.95. The standard InChI is InChI=1S/C16H30N2OS/c1-20-12-6-2-5-11-17-16(19)15-10-9-13-7-3-4-8-14(13)18-15/h13-15,18H,2-12H2,1H3,(H,17,19). The Morgan fingerprint density at radius 2 is 2.00 bits per heavy atom. The summed E-state index contributed by atoms with van der Waals surface area (Å²) in [5.74, 6) is 2.31. The summed E-state index contributed by atoms with van der Waals surface area (Å²) >= 11 is 1.90. The number of carbonyl (C=O) groups excluding carboxylic acids is 1. The lowest BCUT2D eigenvalue weighted by atomic mass is 9.77. The van der Waals surface area contributed by atoms with Gasteiger partial charge in [0, 0.05) is 12.6 Å². The van der Waals surface area contributed by atoms with Gasteiger partial charge < -0.3 is 10.6 Å². The minimum Gasteiger partial charge on any atom is -0.355 e. The molecule has 0 spiro atoms. The van der Waals surface area contributed by atoms with Gasteiger partial charge in [-0.05, 0) is 56.5 Å². The van der Waals surface area contributed by atoms with E-state index >= 15 is 0 Å². The highest BCUT2D eigenvalue weighted by atomic mass is 32.2. The monoisotopic (exact) mass is 298 g/mol. The van der Waals surface area contributed by atoms with Crippen molar-refractivity contribution in [1.82, 2.24) is 10.6 Å². The first-order chi connectivity index (χ1) is 9.81. The number of hydrogen-bond acceptors (Lipinski definition) is 3. The van der Waals surface area contributed by atoms with Crippen molar-refractivity contribution in [2.45, 2.75) is 69.9 Å². The Labute approximate surface area is 128 Å². The molecule has 1 heterocycles. The molecule has 20 heavy (non-hydrogen) atoms. The van der Waals surface area contributed by atoms with E-state index in [-0.39, 0.29) is 11.9 Å². The van der Waals surface area contributed by atoms with E-state index in [0.29, 0.717) is 6.04 Å². The van der Waals surface area contributed by atoms with Gasteiger partial charge in [0.1, 0.15) is 0 Å². The molecule has 116 valence electrons. The molecule has 1 saturated heterocycles. The van der Waals surface area contributed by atoms with E-state index in [1.54, 1.807) is 0 Å². The van der Waals surface area contributed by atoms with Crippen molar-refractivity contribution in [2.75, 3.05) is 18.6 Å². The van der Waals surface area contributed by atoms with Crippen LogP contribution < -0.4 is 10.6 Å². The Hall–Kier alpha value is -0.220. The van der Waals surface area contributed by atoms with Crippen LogP contribution in [0.4, 0.5) is 0 Å². The lowest BCUT2D eigenvalue weighted by Crippen LogP contribution is -2.55. The molecular weight excluding hydrogens is 268 g/mol. The van der Waals surface area contributed by atoms with E-state index < -0.39 is 0 Å². The number of unbranched alkanes of at least 4 members (excludes halogenated alkanes) is 2. The van der Waals surface area contributed by atoms with Crippen molar-refractivity contribution in [1.29, 1.82) is 0 Å². The van der Waals surface area contributed by atoms with Crippen LogP contribution in [0.15, 0.2) is 0 Å². The van der Waals surface area contributed by atoms with Gasteiger partial charge in [0.15, 0.2) is 0 Å². The third-order valence-electron chi connectivity index (χ3n) is 4.79. The second-order valence-corrected chi connectivity index (χ2v) is 7.28. The van der Waals surface area contributed by atoms with Gasteiger partial charge in [0.2, 0.25) is 5.91 Å². The first-order valence-electron chi connectivity index (χ1n) is 8.34. The van der Waals surface area contributed by atoms with Gasteiger partial charge in [-0.2, -0.15) is 11.8 Å². The number of rotatable bonds is 7. The highest BCUT2D eigenvalue weighted by molar-refractivity contribution is 7.98. The average Bonchev–Trinajstić information content (AvgIpc) is 2.50. The number of amides is 1. The molecule has 4 heteroatoms. The summed E-state index contributed by atoms with van der Waals surface area (Å²) in [6.45, 7) is 0.847. The summed E-state index contributed by atoms with van der Waals surface area (Å²) in [5, 5.41) is 6.72. The maximum absolute atomic E-state index is 12.2. The lowest BCUT2D eigenvalue weighted by Gasteiger charge is -2.39. The Kier molecular flexibility index (Phi) is 7.22. The molecule has 0 bridgehead atoms. The van der Waals surface area contributed by atoms with Crippen LogP contribution in [-0.2, 0) is 4.79 Å². The van der Waals surface area contributed by atoms with Gasteiger partial charge in [-0.25, -0.2) is 0 Å². The van der Waals surface area contributed by atoms with Crippen LogP contribution in [0, 0.1) is 5.92 Å². The van der Waals surface area contributed by atoms with Gasteiger partial charge >= 0.3 is 0 Å². The van der Waals surface area contributed by atoms with E-state index in [4.69, 9.17) is 0 Å². The Balaban J connectivity index is 1.60. The third kappa shape index (κ3) is 4.96.